The van der Waals surface area contributed by atoms with E-state index >= 15 is 0 Å². The molecule has 3 rings (SSSR count). The summed E-state index contributed by atoms with van der Waals surface area (Å²) in [6.07, 6.45) is 6.09. The van der Waals surface area contributed by atoms with Crippen LogP contribution in [-0.2, 0) is 11.3 Å². The van der Waals surface area contributed by atoms with Crippen molar-refractivity contribution < 1.29 is 9.90 Å². The highest BCUT2D eigenvalue weighted by atomic mass is 35.5. The second kappa shape index (κ2) is 11.2. The Kier molecular flexibility index (Phi) is 9.03. The summed E-state index contributed by atoms with van der Waals surface area (Å²) in [6, 6.07) is 7.54. The zero-order valence-electron chi connectivity index (χ0n) is 16.2. The van der Waals surface area contributed by atoms with E-state index < -0.39 is 0 Å². The lowest BCUT2D eigenvalue weighted by atomic mass is 9.85. The van der Waals surface area contributed by atoms with E-state index in [1.165, 1.54) is 30.4 Å². The van der Waals surface area contributed by atoms with Gasteiger partial charge < -0.3 is 15.7 Å². The van der Waals surface area contributed by atoms with Crippen LogP contribution in [0.2, 0.25) is 10.0 Å². The number of nitrogens with zero attached hydrogens (tertiary/aromatic N) is 1. The number of halogens is 2. The number of carbonyl (C=O) groups is 1. The van der Waals surface area contributed by atoms with Crippen LogP contribution in [-0.4, -0.2) is 23.1 Å². The molecule has 0 aliphatic heterocycles. The first-order valence-corrected chi connectivity index (χ1v) is 10.2. The first-order valence-electron chi connectivity index (χ1n) is 9.44. The maximum atomic E-state index is 8.36. The Labute approximate surface area is 176 Å². The number of carboxylic acid groups (broad SMARTS) is 1. The van der Waals surface area contributed by atoms with Crippen molar-refractivity contribution in [3.8, 4) is 0 Å². The van der Waals surface area contributed by atoms with Gasteiger partial charge in [0.05, 0.1) is 10.7 Å². The Balaban J connectivity index is 0.000000878. The molecule has 0 atom stereocenters. The lowest BCUT2D eigenvalue weighted by Gasteiger charge is -2.26. The third-order valence-corrected chi connectivity index (χ3v) is 5.36. The topological polar surface area (TPSA) is 74.2 Å². The van der Waals surface area contributed by atoms with Crippen LogP contribution in [0.15, 0.2) is 30.5 Å². The van der Waals surface area contributed by atoms with E-state index in [0.717, 1.165) is 30.5 Å². The summed E-state index contributed by atoms with van der Waals surface area (Å²) in [6.45, 7) is 6.16. The summed E-state index contributed by atoms with van der Waals surface area (Å²) in [5.74, 6) is 2.10. The van der Waals surface area contributed by atoms with Crippen LogP contribution in [0.5, 0.6) is 0 Å². The van der Waals surface area contributed by atoms with Gasteiger partial charge in [-0.25, -0.2) is 4.98 Å². The summed E-state index contributed by atoms with van der Waals surface area (Å²) in [7, 11) is 0. The maximum absolute atomic E-state index is 8.36. The highest BCUT2D eigenvalue weighted by Crippen LogP contribution is 2.30. The van der Waals surface area contributed by atoms with Gasteiger partial charge >= 0.3 is 0 Å². The lowest BCUT2D eigenvalue weighted by molar-refractivity contribution is -0.122. The second-order valence-corrected chi connectivity index (χ2v) is 8.05. The molecule has 1 heterocycles. The van der Waals surface area contributed by atoms with E-state index in [-0.39, 0.29) is 6.47 Å². The Hall–Kier alpha value is -1.82. The molecule has 1 aliphatic carbocycles. The SMILES string of the molecule is CC(C)c1cc(Nc2ccc(Cl)cc2Cl)ncc1CNCC1CCC1.O=CO. The fraction of sp³-hybridized carbons (Fsp3) is 0.429. The average molecular weight is 424 g/mol. The molecule has 0 spiro atoms. The number of nitrogens with one attached hydrogen (secondary N) is 2. The molecule has 1 aliphatic rings. The van der Waals surface area contributed by atoms with Crippen LogP contribution >= 0.6 is 23.2 Å². The minimum absolute atomic E-state index is 0.250. The number of benzene rings is 1. The van der Waals surface area contributed by atoms with E-state index in [1.807, 2.05) is 18.3 Å². The van der Waals surface area contributed by atoms with Gasteiger partial charge in [0, 0.05) is 17.8 Å². The van der Waals surface area contributed by atoms with Crippen LogP contribution in [0.4, 0.5) is 11.5 Å². The van der Waals surface area contributed by atoms with Gasteiger partial charge in [0.2, 0.25) is 0 Å². The highest BCUT2D eigenvalue weighted by molar-refractivity contribution is 6.36. The lowest BCUT2D eigenvalue weighted by Crippen LogP contribution is -2.27. The number of rotatable bonds is 7. The van der Waals surface area contributed by atoms with Crippen molar-refractivity contribution in [2.75, 3.05) is 11.9 Å². The van der Waals surface area contributed by atoms with Gasteiger partial charge in [-0.05, 0) is 66.6 Å². The average Bonchev–Trinajstić information content (AvgIpc) is 2.61. The van der Waals surface area contributed by atoms with E-state index in [2.05, 4.69) is 35.5 Å². The standard InChI is InChI=1S/C20H25Cl2N3.CH2O2/c1-13(2)17-9-20(25-19-7-6-16(21)8-18(19)22)24-12-15(17)11-23-10-14-4-3-5-14;2-1-3/h6-9,12-14,23H,3-5,10-11H2,1-2H3,(H,24,25);1H,(H,2,3). The van der Waals surface area contributed by atoms with Crippen molar-refractivity contribution in [1.82, 2.24) is 10.3 Å². The van der Waals surface area contributed by atoms with E-state index in [1.54, 1.807) is 6.07 Å². The smallest absolute Gasteiger partial charge is 0.290 e. The quantitative estimate of drug-likeness (QED) is 0.487. The van der Waals surface area contributed by atoms with Crippen molar-refractivity contribution in [1.29, 1.82) is 0 Å². The molecule has 0 unspecified atom stereocenters. The fourth-order valence-electron chi connectivity index (χ4n) is 3.09. The largest absolute Gasteiger partial charge is 0.483 e. The molecule has 28 heavy (non-hydrogen) atoms. The van der Waals surface area contributed by atoms with Crippen molar-refractivity contribution in [2.45, 2.75) is 45.6 Å². The molecule has 0 saturated heterocycles. The molecule has 1 fully saturated rings. The predicted octanol–water partition coefficient (Wildman–Crippen LogP) is 5.85. The molecule has 152 valence electrons. The van der Waals surface area contributed by atoms with Crippen molar-refractivity contribution in [3.05, 3.63) is 51.6 Å². The van der Waals surface area contributed by atoms with Crippen LogP contribution in [0.1, 0.15) is 50.2 Å². The molecule has 1 saturated carbocycles. The van der Waals surface area contributed by atoms with E-state index in [4.69, 9.17) is 33.1 Å². The minimum Gasteiger partial charge on any atom is -0.483 e. The van der Waals surface area contributed by atoms with Crippen molar-refractivity contribution >= 4 is 41.2 Å². The zero-order chi connectivity index (χ0) is 20.5. The monoisotopic (exact) mass is 423 g/mol. The number of hydrogen-bond donors (Lipinski definition) is 3. The van der Waals surface area contributed by atoms with Crippen LogP contribution in [0, 0.1) is 5.92 Å². The molecule has 0 radical (unpaired) electrons. The number of hydrogen-bond acceptors (Lipinski definition) is 4. The second-order valence-electron chi connectivity index (χ2n) is 7.21. The van der Waals surface area contributed by atoms with E-state index in [9.17, 15) is 0 Å². The van der Waals surface area contributed by atoms with Gasteiger partial charge in [-0.3, -0.25) is 4.79 Å². The van der Waals surface area contributed by atoms with Crippen LogP contribution in [0.3, 0.4) is 0 Å². The Morgan fingerprint density at radius 2 is 2.00 bits per heavy atom. The normalized spacial score (nSPS) is 13.5. The minimum atomic E-state index is -0.250. The summed E-state index contributed by atoms with van der Waals surface area (Å²) in [5, 5.41) is 15.0. The van der Waals surface area contributed by atoms with Gasteiger partial charge in [0.25, 0.3) is 6.47 Å². The summed E-state index contributed by atoms with van der Waals surface area (Å²) >= 11 is 12.2. The van der Waals surface area contributed by atoms with Gasteiger partial charge in [0.1, 0.15) is 5.82 Å². The molecule has 3 N–H and O–H groups in total. The van der Waals surface area contributed by atoms with Gasteiger partial charge in [0.15, 0.2) is 0 Å². The summed E-state index contributed by atoms with van der Waals surface area (Å²) in [5.41, 5.74) is 3.38. The molecule has 1 aromatic heterocycles. The third-order valence-electron chi connectivity index (χ3n) is 4.81. The molecule has 5 nitrogen and oxygen atoms in total. The van der Waals surface area contributed by atoms with Crippen LogP contribution < -0.4 is 10.6 Å². The van der Waals surface area contributed by atoms with E-state index in [0.29, 0.717) is 16.0 Å². The Morgan fingerprint density at radius 1 is 1.29 bits per heavy atom. The zero-order valence-corrected chi connectivity index (χ0v) is 17.7. The molecule has 2 aromatic rings. The highest BCUT2D eigenvalue weighted by Gasteiger charge is 2.17. The fourth-order valence-corrected chi connectivity index (χ4v) is 3.55. The Bertz CT molecular complexity index is 780. The number of pyridine rings is 1. The first-order chi connectivity index (χ1) is 13.4. The third kappa shape index (κ3) is 6.66. The predicted molar refractivity (Wildman–Crippen MR) is 116 cm³/mol. The van der Waals surface area contributed by atoms with Gasteiger partial charge in [-0.2, -0.15) is 0 Å². The summed E-state index contributed by atoms with van der Waals surface area (Å²) in [4.78, 5) is 12.9. The number of aromatic nitrogens is 1. The summed E-state index contributed by atoms with van der Waals surface area (Å²) < 4.78 is 0. The molecule has 0 bridgehead atoms. The van der Waals surface area contributed by atoms with Crippen molar-refractivity contribution in [2.24, 2.45) is 5.92 Å². The molecular weight excluding hydrogens is 397 g/mol. The maximum Gasteiger partial charge on any atom is 0.290 e. The molecule has 7 heteroatoms. The number of anilines is 2. The Morgan fingerprint density at radius 3 is 2.57 bits per heavy atom. The van der Waals surface area contributed by atoms with Gasteiger partial charge in [-0.1, -0.05) is 43.5 Å². The van der Waals surface area contributed by atoms with Crippen molar-refractivity contribution in [3.63, 3.8) is 0 Å². The molecule has 0 amide bonds. The first kappa shape index (κ1) is 22.5. The van der Waals surface area contributed by atoms with Crippen LogP contribution in [0.25, 0.3) is 0 Å². The van der Waals surface area contributed by atoms with Gasteiger partial charge in [-0.15, -0.1) is 0 Å². The molecular formula is C21H27Cl2N3O2. The molecule has 1 aromatic carbocycles.